The first-order chi connectivity index (χ1) is 10.0. The zero-order valence-corrected chi connectivity index (χ0v) is 11.1. The van der Waals surface area contributed by atoms with Crippen molar-refractivity contribution in [3.63, 3.8) is 0 Å². The van der Waals surface area contributed by atoms with E-state index in [0.29, 0.717) is 5.56 Å². The average molecular weight is 300 g/mol. The number of alkyl halides is 2. The van der Waals surface area contributed by atoms with Gasteiger partial charge in [0.1, 0.15) is 5.75 Å². The summed E-state index contributed by atoms with van der Waals surface area (Å²) < 4.78 is 60.9. The molecule has 0 aliphatic carbocycles. The van der Waals surface area contributed by atoms with Gasteiger partial charge in [-0.15, -0.1) is 0 Å². The number of halogens is 4. The molecule has 0 bridgehead atoms. The molecule has 0 fully saturated rings. The maximum absolute atomic E-state index is 14.0. The maximum atomic E-state index is 14.0. The van der Waals surface area contributed by atoms with Crippen molar-refractivity contribution in [1.82, 2.24) is 0 Å². The molecule has 0 spiro atoms. The van der Waals surface area contributed by atoms with Crippen LogP contribution in [0.1, 0.15) is 6.92 Å². The first-order valence-electron chi connectivity index (χ1n) is 6.19. The lowest BCUT2D eigenvalue weighted by molar-refractivity contribution is -0.0498. The van der Waals surface area contributed by atoms with E-state index in [4.69, 9.17) is 4.74 Å². The topological polar surface area (TPSA) is 18.5 Å². The highest BCUT2D eigenvalue weighted by Gasteiger charge is 2.15. The van der Waals surface area contributed by atoms with Crippen molar-refractivity contribution in [2.45, 2.75) is 13.5 Å². The van der Waals surface area contributed by atoms with E-state index in [2.05, 4.69) is 4.74 Å². The summed E-state index contributed by atoms with van der Waals surface area (Å²) in [7, 11) is 0. The van der Waals surface area contributed by atoms with Crippen LogP contribution in [0.25, 0.3) is 11.1 Å². The van der Waals surface area contributed by atoms with E-state index in [1.54, 1.807) is 6.92 Å². The van der Waals surface area contributed by atoms with Crippen LogP contribution >= 0.6 is 0 Å². The third-order valence-corrected chi connectivity index (χ3v) is 2.74. The van der Waals surface area contributed by atoms with Crippen LogP contribution in [0.2, 0.25) is 0 Å². The molecule has 0 unspecified atom stereocenters. The summed E-state index contributed by atoms with van der Waals surface area (Å²) in [5.74, 6) is -2.36. The predicted octanol–water partition coefficient (Wildman–Crippen LogP) is 4.63. The zero-order chi connectivity index (χ0) is 15.4. The number of hydrogen-bond donors (Lipinski definition) is 0. The van der Waals surface area contributed by atoms with Crippen LogP contribution in [-0.2, 0) is 0 Å². The minimum absolute atomic E-state index is 0.0135. The van der Waals surface area contributed by atoms with Crippen LogP contribution in [0, 0.1) is 11.6 Å². The molecule has 0 atom stereocenters. The molecule has 0 N–H and O–H groups in total. The van der Waals surface area contributed by atoms with Gasteiger partial charge >= 0.3 is 6.61 Å². The van der Waals surface area contributed by atoms with Gasteiger partial charge < -0.3 is 9.47 Å². The molecule has 0 amide bonds. The highest BCUT2D eigenvalue weighted by molar-refractivity contribution is 5.66. The second-order valence-electron chi connectivity index (χ2n) is 4.08. The summed E-state index contributed by atoms with van der Waals surface area (Å²) in [6, 6.07) is 7.95. The fraction of sp³-hybridized carbons (Fsp3) is 0.200. The molecule has 2 aromatic carbocycles. The molecule has 0 saturated carbocycles. The summed E-state index contributed by atoms with van der Waals surface area (Å²) >= 11 is 0. The number of benzene rings is 2. The normalized spacial score (nSPS) is 10.8. The SMILES string of the molecule is CCOc1ccc(-c2ccc(OC(F)F)cc2)c(F)c1F. The molecule has 6 heteroatoms. The van der Waals surface area contributed by atoms with E-state index in [0.717, 1.165) is 0 Å². The summed E-state index contributed by atoms with van der Waals surface area (Å²) in [4.78, 5) is 0. The van der Waals surface area contributed by atoms with Gasteiger partial charge in [-0.1, -0.05) is 12.1 Å². The molecule has 2 nitrogen and oxygen atoms in total. The quantitative estimate of drug-likeness (QED) is 0.749. The van der Waals surface area contributed by atoms with E-state index >= 15 is 0 Å². The van der Waals surface area contributed by atoms with Gasteiger partial charge in [0.15, 0.2) is 11.6 Å². The second-order valence-corrected chi connectivity index (χ2v) is 4.08. The smallest absolute Gasteiger partial charge is 0.387 e. The van der Waals surface area contributed by atoms with Crippen LogP contribution in [0.3, 0.4) is 0 Å². The van der Waals surface area contributed by atoms with Crippen molar-refractivity contribution in [3.8, 4) is 22.6 Å². The van der Waals surface area contributed by atoms with Crippen molar-refractivity contribution in [1.29, 1.82) is 0 Å². The Morgan fingerprint density at radius 3 is 2.19 bits per heavy atom. The van der Waals surface area contributed by atoms with Crippen LogP contribution in [0.15, 0.2) is 36.4 Å². The third-order valence-electron chi connectivity index (χ3n) is 2.74. The maximum Gasteiger partial charge on any atom is 0.387 e. The standard InChI is InChI=1S/C15H12F4O2/c1-2-20-12-8-7-11(13(16)14(12)17)9-3-5-10(6-4-9)21-15(18)19/h3-8,15H,2H2,1H3. The lowest BCUT2D eigenvalue weighted by Gasteiger charge is -2.10. The Morgan fingerprint density at radius 2 is 1.62 bits per heavy atom. The predicted molar refractivity (Wildman–Crippen MR) is 69.6 cm³/mol. The Labute approximate surface area is 118 Å². The average Bonchev–Trinajstić information content (AvgIpc) is 2.45. The van der Waals surface area contributed by atoms with Gasteiger partial charge in [0.25, 0.3) is 0 Å². The molecule has 2 rings (SSSR count). The van der Waals surface area contributed by atoms with Gasteiger partial charge in [0, 0.05) is 5.56 Å². The molecule has 0 heterocycles. The third kappa shape index (κ3) is 3.45. The number of ether oxygens (including phenoxy) is 2. The lowest BCUT2D eigenvalue weighted by Crippen LogP contribution is -2.01. The van der Waals surface area contributed by atoms with Crippen LogP contribution in [0.4, 0.5) is 17.6 Å². The van der Waals surface area contributed by atoms with Gasteiger partial charge in [-0.3, -0.25) is 0 Å². The minimum Gasteiger partial charge on any atom is -0.491 e. The number of hydrogen-bond acceptors (Lipinski definition) is 2. The monoisotopic (exact) mass is 300 g/mol. The molecule has 21 heavy (non-hydrogen) atoms. The highest BCUT2D eigenvalue weighted by Crippen LogP contribution is 2.31. The summed E-state index contributed by atoms with van der Waals surface area (Å²) in [5.41, 5.74) is 0.357. The molecule has 0 saturated heterocycles. The van der Waals surface area contributed by atoms with Crippen molar-refractivity contribution in [2.75, 3.05) is 6.61 Å². The van der Waals surface area contributed by atoms with E-state index < -0.39 is 18.2 Å². The fourth-order valence-electron chi connectivity index (χ4n) is 1.84. The van der Waals surface area contributed by atoms with E-state index in [-0.39, 0.29) is 23.7 Å². The van der Waals surface area contributed by atoms with Gasteiger partial charge in [-0.05, 0) is 36.8 Å². The highest BCUT2D eigenvalue weighted by atomic mass is 19.3. The van der Waals surface area contributed by atoms with E-state index in [9.17, 15) is 17.6 Å². The van der Waals surface area contributed by atoms with Crippen molar-refractivity contribution in [3.05, 3.63) is 48.0 Å². The molecular formula is C15H12F4O2. The number of rotatable bonds is 5. The van der Waals surface area contributed by atoms with Crippen LogP contribution in [-0.4, -0.2) is 13.2 Å². The van der Waals surface area contributed by atoms with Gasteiger partial charge in [-0.2, -0.15) is 13.2 Å². The largest absolute Gasteiger partial charge is 0.491 e. The van der Waals surface area contributed by atoms with Gasteiger partial charge in [0.05, 0.1) is 6.61 Å². The van der Waals surface area contributed by atoms with Crippen LogP contribution in [0.5, 0.6) is 11.5 Å². The van der Waals surface area contributed by atoms with E-state index in [1.807, 2.05) is 0 Å². The summed E-state index contributed by atoms with van der Waals surface area (Å²) in [6.45, 7) is -1.06. The fourth-order valence-corrected chi connectivity index (χ4v) is 1.84. The van der Waals surface area contributed by atoms with Crippen molar-refractivity contribution >= 4 is 0 Å². The Balaban J connectivity index is 2.31. The Hall–Kier alpha value is -2.24. The first-order valence-corrected chi connectivity index (χ1v) is 6.19. The molecule has 0 radical (unpaired) electrons. The summed E-state index contributed by atoms with van der Waals surface area (Å²) in [6.07, 6.45) is 0. The summed E-state index contributed by atoms with van der Waals surface area (Å²) in [5, 5.41) is 0. The molecule has 0 aromatic heterocycles. The van der Waals surface area contributed by atoms with Gasteiger partial charge in [0.2, 0.25) is 5.82 Å². The molecule has 0 aliphatic rings. The Bertz CT molecular complexity index is 612. The second kappa shape index (κ2) is 6.47. The molecule has 2 aromatic rings. The van der Waals surface area contributed by atoms with Crippen molar-refractivity contribution < 1.29 is 27.0 Å². The molecule has 112 valence electrons. The van der Waals surface area contributed by atoms with Crippen molar-refractivity contribution in [2.24, 2.45) is 0 Å². The minimum atomic E-state index is -2.93. The lowest BCUT2D eigenvalue weighted by atomic mass is 10.0. The van der Waals surface area contributed by atoms with E-state index in [1.165, 1.54) is 36.4 Å². The molecule has 0 aliphatic heterocycles. The first kappa shape index (κ1) is 15.2. The molecular weight excluding hydrogens is 288 g/mol. The zero-order valence-electron chi connectivity index (χ0n) is 11.1. The Kier molecular flexibility index (Phi) is 4.67. The van der Waals surface area contributed by atoms with Crippen LogP contribution < -0.4 is 9.47 Å². The Morgan fingerprint density at radius 1 is 0.952 bits per heavy atom. The van der Waals surface area contributed by atoms with Gasteiger partial charge in [-0.25, -0.2) is 4.39 Å².